The Bertz CT molecular complexity index is 990. The van der Waals surface area contributed by atoms with Gasteiger partial charge in [-0.3, -0.25) is 4.79 Å². The van der Waals surface area contributed by atoms with Crippen molar-refractivity contribution in [3.63, 3.8) is 0 Å². The number of piperidine rings is 1. The van der Waals surface area contributed by atoms with Crippen molar-refractivity contribution in [2.24, 2.45) is 0 Å². The molecule has 6 nitrogen and oxygen atoms in total. The lowest BCUT2D eigenvalue weighted by Gasteiger charge is -2.23. The van der Waals surface area contributed by atoms with Gasteiger partial charge in [0.05, 0.1) is 28.2 Å². The first-order valence-electron chi connectivity index (χ1n) is 9.68. The van der Waals surface area contributed by atoms with E-state index >= 15 is 0 Å². The van der Waals surface area contributed by atoms with E-state index in [1.54, 1.807) is 12.4 Å². The Hall–Kier alpha value is -2.44. The molecule has 146 valence electrons. The first-order valence-corrected chi connectivity index (χ1v) is 10.1. The lowest BCUT2D eigenvalue weighted by molar-refractivity contribution is 0.102. The minimum absolute atomic E-state index is 0.272. The highest BCUT2D eigenvalue weighted by atomic mass is 35.5. The standard InChI is InChI=1S/C21H24ClN5O/c1-13(2)14-3-5-15(6-4-14)26-21(28)18-11-24-20-17(19(18)22)12-25-27(20)16-7-9-23-10-8-16/h3-6,11-13,16,23H,7-10H2,1-2H3,(H,26,28). The molecule has 0 bridgehead atoms. The summed E-state index contributed by atoms with van der Waals surface area (Å²) in [6, 6.07) is 8.16. The normalized spacial score (nSPS) is 15.3. The van der Waals surface area contributed by atoms with E-state index in [1.165, 1.54) is 5.56 Å². The zero-order chi connectivity index (χ0) is 19.7. The monoisotopic (exact) mass is 397 g/mol. The summed E-state index contributed by atoms with van der Waals surface area (Å²) in [5.74, 6) is 0.175. The van der Waals surface area contributed by atoms with Crippen molar-refractivity contribution in [2.75, 3.05) is 18.4 Å². The lowest BCUT2D eigenvalue weighted by Crippen LogP contribution is -2.29. The van der Waals surface area contributed by atoms with Crippen molar-refractivity contribution in [3.05, 3.63) is 52.8 Å². The number of carbonyl (C=O) groups excluding carboxylic acids is 1. The molecule has 0 atom stereocenters. The average Bonchev–Trinajstić information content (AvgIpc) is 3.14. The Morgan fingerprint density at radius 3 is 2.61 bits per heavy atom. The summed E-state index contributed by atoms with van der Waals surface area (Å²) in [4.78, 5) is 17.2. The number of carbonyl (C=O) groups is 1. The van der Waals surface area contributed by atoms with Gasteiger partial charge in [-0.15, -0.1) is 0 Å². The molecule has 0 spiro atoms. The number of amides is 1. The van der Waals surface area contributed by atoms with E-state index in [2.05, 4.69) is 34.6 Å². The molecule has 1 fully saturated rings. The van der Waals surface area contributed by atoms with Gasteiger partial charge in [0.2, 0.25) is 0 Å². The number of aromatic nitrogens is 3. The van der Waals surface area contributed by atoms with Crippen molar-refractivity contribution >= 4 is 34.2 Å². The smallest absolute Gasteiger partial charge is 0.258 e. The zero-order valence-electron chi connectivity index (χ0n) is 16.1. The number of pyridine rings is 1. The summed E-state index contributed by atoms with van der Waals surface area (Å²) in [5.41, 5.74) is 3.04. The van der Waals surface area contributed by atoms with E-state index in [0.717, 1.165) is 37.3 Å². The van der Waals surface area contributed by atoms with Gasteiger partial charge in [0.15, 0.2) is 5.65 Å². The molecular formula is C21H24ClN5O. The molecule has 1 aliphatic rings. The predicted molar refractivity (Wildman–Crippen MR) is 112 cm³/mol. The molecule has 3 aromatic rings. The minimum atomic E-state index is -0.272. The molecule has 1 amide bonds. The summed E-state index contributed by atoms with van der Waals surface area (Å²) < 4.78 is 1.94. The fourth-order valence-electron chi connectivity index (χ4n) is 3.59. The Kier molecular flexibility index (Phi) is 5.33. The molecule has 1 aromatic carbocycles. The third-order valence-electron chi connectivity index (χ3n) is 5.29. The van der Waals surface area contributed by atoms with Crippen molar-refractivity contribution in [1.82, 2.24) is 20.1 Å². The first kappa shape index (κ1) is 18.9. The molecule has 7 heteroatoms. The number of halogens is 1. The van der Waals surface area contributed by atoms with E-state index in [0.29, 0.717) is 27.9 Å². The number of hydrogen-bond acceptors (Lipinski definition) is 4. The van der Waals surface area contributed by atoms with Crippen LogP contribution in [0.1, 0.15) is 54.6 Å². The van der Waals surface area contributed by atoms with E-state index in [-0.39, 0.29) is 5.91 Å². The highest BCUT2D eigenvalue weighted by molar-refractivity contribution is 6.38. The summed E-state index contributed by atoms with van der Waals surface area (Å²) in [6.45, 7) is 6.21. The molecule has 3 heterocycles. The molecule has 2 N–H and O–H groups in total. The third kappa shape index (κ3) is 3.62. The van der Waals surface area contributed by atoms with Crippen molar-refractivity contribution < 1.29 is 4.79 Å². The summed E-state index contributed by atoms with van der Waals surface area (Å²) in [5, 5.41) is 11.9. The number of nitrogens with zero attached hydrogens (tertiary/aromatic N) is 3. The minimum Gasteiger partial charge on any atom is -0.322 e. The maximum atomic E-state index is 12.7. The van der Waals surface area contributed by atoms with E-state index in [1.807, 2.05) is 28.9 Å². The topological polar surface area (TPSA) is 71.8 Å². The molecule has 28 heavy (non-hydrogen) atoms. The number of hydrogen-bond donors (Lipinski definition) is 2. The van der Waals surface area contributed by atoms with E-state index in [9.17, 15) is 4.79 Å². The fraction of sp³-hybridized carbons (Fsp3) is 0.381. The molecule has 0 saturated carbocycles. The quantitative estimate of drug-likeness (QED) is 0.685. The highest BCUT2D eigenvalue weighted by Gasteiger charge is 2.22. The van der Waals surface area contributed by atoms with E-state index in [4.69, 9.17) is 11.6 Å². The van der Waals surface area contributed by atoms with Crippen LogP contribution in [0.3, 0.4) is 0 Å². The van der Waals surface area contributed by atoms with Gasteiger partial charge < -0.3 is 10.6 Å². The van der Waals surface area contributed by atoms with Gasteiger partial charge in [-0.1, -0.05) is 37.6 Å². The van der Waals surface area contributed by atoms with Crippen LogP contribution in [-0.2, 0) is 0 Å². The number of fused-ring (bicyclic) bond motifs is 1. The van der Waals surface area contributed by atoms with Crippen LogP contribution in [0.2, 0.25) is 5.02 Å². The van der Waals surface area contributed by atoms with Crippen molar-refractivity contribution in [3.8, 4) is 0 Å². The Morgan fingerprint density at radius 2 is 1.93 bits per heavy atom. The Morgan fingerprint density at radius 1 is 1.21 bits per heavy atom. The zero-order valence-corrected chi connectivity index (χ0v) is 16.8. The fourth-order valence-corrected chi connectivity index (χ4v) is 3.86. The van der Waals surface area contributed by atoms with Crippen LogP contribution in [-0.4, -0.2) is 33.8 Å². The second-order valence-corrected chi connectivity index (χ2v) is 7.90. The van der Waals surface area contributed by atoms with Gasteiger partial charge in [0, 0.05) is 11.9 Å². The molecule has 1 saturated heterocycles. The van der Waals surface area contributed by atoms with Crippen LogP contribution in [0.25, 0.3) is 11.0 Å². The molecule has 2 aromatic heterocycles. The molecule has 0 unspecified atom stereocenters. The number of benzene rings is 1. The maximum absolute atomic E-state index is 12.7. The second-order valence-electron chi connectivity index (χ2n) is 7.52. The van der Waals surface area contributed by atoms with Crippen LogP contribution in [0.4, 0.5) is 5.69 Å². The molecule has 0 aliphatic carbocycles. The largest absolute Gasteiger partial charge is 0.322 e. The van der Waals surface area contributed by atoms with Gasteiger partial charge in [-0.05, 0) is 49.5 Å². The molecule has 1 aliphatic heterocycles. The molecule has 0 radical (unpaired) electrons. The van der Waals surface area contributed by atoms with Crippen molar-refractivity contribution in [1.29, 1.82) is 0 Å². The van der Waals surface area contributed by atoms with Crippen LogP contribution in [0.5, 0.6) is 0 Å². The molecule has 4 rings (SSSR count). The van der Waals surface area contributed by atoms with Gasteiger partial charge in [0.25, 0.3) is 5.91 Å². The first-order chi connectivity index (χ1) is 13.5. The highest BCUT2D eigenvalue weighted by Crippen LogP contribution is 2.29. The number of rotatable bonds is 4. The summed E-state index contributed by atoms with van der Waals surface area (Å²) in [7, 11) is 0. The van der Waals surface area contributed by atoms with Gasteiger partial charge in [0.1, 0.15) is 0 Å². The lowest BCUT2D eigenvalue weighted by atomic mass is 10.0. The van der Waals surface area contributed by atoms with Crippen LogP contribution < -0.4 is 10.6 Å². The maximum Gasteiger partial charge on any atom is 0.258 e. The van der Waals surface area contributed by atoms with Gasteiger partial charge >= 0.3 is 0 Å². The van der Waals surface area contributed by atoms with Gasteiger partial charge in [-0.25, -0.2) is 9.67 Å². The Balaban J connectivity index is 1.58. The third-order valence-corrected chi connectivity index (χ3v) is 5.70. The Labute approximate surface area is 169 Å². The summed E-state index contributed by atoms with van der Waals surface area (Å²) >= 11 is 6.56. The van der Waals surface area contributed by atoms with Crippen LogP contribution in [0.15, 0.2) is 36.7 Å². The predicted octanol–water partition coefficient (Wildman–Crippen LogP) is 4.38. The van der Waals surface area contributed by atoms with Crippen molar-refractivity contribution in [2.45, 2.75) is 38.6 Å². The number of nitrogens with one attached hydrogen (secondary N) is 2. The average molecular weight is 398 g/mol. The van der Waals surface area contributed by atoms with E-state index < -0.39 is 0 Å². The van der Waals surface area contributed by atoms with Crippen LogP contribution in [0, 0.1) is 0 Å². The van der Waals surface area contributed by atoms with Gasteiger partial charge in [-0.2, -0.15) is 5.10 Å². The SMILES string of the molecule is CC(C)c1ccc(NC(=O)c2cnc3c(cnn3C3CCNCC3)c2Cl)cc1. The molecular weight excluding hydrogens is 374 g/mol. The number of anilines is 1. The summed E-state index contributed by atoms with van der Waals surface area (Å²) in [6.07, 6.45) is 5.26. The second kappa shape index (κ2) is 7.89. The van der Waals surface area contributed by atoms with Crippen LogP contribution >= 0.6 is 11.6 Å².